The molecule has 0 radical (unpaired) electrons. The largest absolute Gasteiger partial charge is 0.493 e. The number of rotatable bonds is 9. The summed E-state index contributed by atoms with van der Waals surface area (Å²) in [6.07, 6.45) is 0.826. The van der Waals surface area contributed by atoms with Crippen molar-refractivity contribution in [2.24, 2.45) is 0 Å². The second kappa shape index (κ2) is 9.91. The summed E-state index contributed by atoms with van der Waals surface area (Å²) in [5.74, 6) is -0.452. The van der Waals surface area contributed by atoms with Crippen LogP contribution in [0.4, 0.5) is 11.4 Å². The summed E-state index contributed by atoms with van der Waals surface area (Å²) in [6, 6.07) is 10.0. The zero-order valence-corrected chi connectivity index (χ0v) is 15.5. The Kier molecular flexibility index (Phi) is 7.32. The fourth-order valence-electron chi connectivity index (χ4n) is 2.23. The molecule has 0 aliphatic rings. The number of carbonyl (C=O) groups excluding carboxylic acids is 2. The second-order valence-electron chi connectivity index (χ2n) is 5.65. The summed E-state index contributed by atoms with van der Waals surface area (Å²) in [7, 11) is 1.45. The number of nitro benzene ring substituents is 1. The summed E-state index contributed by atoms with van der Waals surface area (Å²) in [6.45, 7) is 1.94. The fourth-order valence-corrected chi connectivity index (χ4v) is 2.23. The quantitative estimate of drug-likeness (QED) is 0.398. The van der Waals surface area contributed by atoms with Gasteiger partial charge in [-0.1, -0.05) is 13.0 Å². The zero-order valence-electron chi connectivity index (χ0n) is 15.5. The van der Waals surface area contributed by atoms with Crippen LogP contribution in [0, 0.1) is 10.1 Å². The number of amides is 1. The average molecular weight is 388 g/mol. The number of anilines is 1. The molecule has 0 unspecified atom stereocenters. The molecule has 2 aromatic rings. The lowest BCUT2D eigenvalue weighted by atomic mass is 10.2. The molecule has 0 spiro atoms. The standard InChI is InChI=1S/C19H20N2O7/c1-3-9-27-16-8-7-13(10-17(16)26-2)19(23)28-12-18(22)20-14-5-4-6-15(11-14)21(24)25/h4-8,10-11H,3,9,12H2,1-2H3,(H,20,22). The van der Waals surface area contributed by atoms with Gasteiger partial charge >= 0.3 is 5.97 Å². The molecule has 0 aliphatic carbocycles. The number of nitro groups is 1. The molecule has 0 saturated heterocycles. The highest BCUT2D eigenvalue weighted by molar-refractivity contribution is 5.95. The number of carbonyl (C=O) groups is 2. The molecule has 1 amide bonds. The SMILES string of the molecule is CCCOc1ccc(C(=O)OCC(=O)Nc2cccc([N+](=O)[O-])c2)cc1OC. The number of esters is 1. The van der Waals surface area contributed by atoms with Gasteiger partial charge in [-0.2, -0.15) is 0 Å². The maximum Gasteiger partial charge on any atom is 0.338 e. The molecular weight excluding hydrogens is 368 g/mol. The van der Waals surface area contributed by atoms with E-state index in [2.05, 4.69) is 5.32 Å². The number of non-ortho nitro benzene ring substituents is 1. The van der Waals surface area contributed by atoms with Gasteiger partial charge in [-0.25, -0.2) is 4.79 Å². The van der Waals surface area contributed by atoms with Gasteiger partial charge in [0.25, 0.3) is 11.6 Å². The van der Waals surface area contributed by atoms with Gasteiger partial charge in [0.1, 0.15) is 0 Å². The highest BCUT2D eigenvalue weighted by Crippen LogP contribution is 2.28. The molecule has 148 valence electrons. The minimum atomic E-state index is -0.713. The van der Waals surface area contributed by atoms with E-state index in [1.165, 1.54) is 43.5 Å². The molecule has 28 heavy (non-hydrogen) atoms. The number of ether oxygens (including phenoxy) is 3. The van der Waals surface area contributed by atoms with Crippen LogP contribution in [0.2, 0.25) is 0 Å². The van der Waals surface area contributed by atoms with Crippen LogP contribution in [0.15, 0.2) is 42.5 Å². The number of hydrogen-bond acceptors (Lipinski definition) is 7. The topological polar surface area (TPSA) is 117 Å². The third-order valence-electron chi connectivity index (χ3n) is 3.54. The van der Waals surface area contributed by atoms with Crippen LogP contribution in [0.3, 0.4) is 0 Å². The molecule has 0 heterocycles. The van der Waals surface area contributed by atoms with Crippen molar-refractivity contribution in [2.75, 3.05) is 25.6 Å². The van der Waals surface area contributed by atoms with E-state index >= 15 is 0 Å². The summed E-state index contributed by atoms with van der Waals surface area (Å²) in [5, 5.41) is 13.2. The molecule has 1 N–H and O–H groups in total. The Morgan fingerprint density at radius 3 is 2.61 bits per heavy atom. The third-order valence-corrected chi connectivity index (χ3v) is 3.54. The van der Waals surface area contributed by atoms with Crippen molar-refractivity contribution in [1.29, 1.82) is 0 Å². The highest BCUT2D eigenvalue weighted by Gasteiger charge is 2.15. The van der Waals surface area contributed by atoms with E-state index in [1.807, 2.05) is 6.92 Å². The molecule has 0 aliphatic heterocycles. The maximum atomic E-state index is 12.2. The number of methoxy groups -OCH3 is 1. The van der Waals surface area contributed by atoms with Crippen molar-refractivity contribution in [2.45, 2.75) is 13.3 Å². The Balaban J connectivity index is 1.95. The summed E-state index contributed by atoms with van der Waals surface area (Å²) in [4.78, 5) is 34.2. The molecule has 0 aromatic heterocycles. The van der Waals surface area contributed by atoms with Gasteiger partial charge in [-0.05, 0) is 30.7 Å². The van der Waals surface area contributed by atoms with Gasteiger partial charge in [-0.3, -0.25) is 14.9 Å². The van der Waals surface area contributed by atoms with Crippen LogP contribution in [-0.4, -0.2) is 37.1 Å². The molecule has 0 bridgehead atoms. The first-order chi connectivity index (χ1) is 13.4. The number of nitrogens with one attached hydrogen (secondary N) is 1. The van der Waals surface area contributed by atoms with E-state index in [9.17, 15) is 19.7 Å². The predicted octanol–water partition coefficient (Wildman–Crippen LogP) is 3.19. The number of benzene rings is 2. The van der Waals surface area contributed by atoms with Gasteiger partial charge in [0.15, 0.2) is 18.1 Å². The molecule has 9 nitrogen and oxygen atoms in total. The first-order valence-electron chi connectivity index (χ1n) is 8.47. The van der Waals surface area contributed by atoms with Crippen molar-refractivity contribution < 1.29 is 28.7 Å². The van der Waals surface area contributed by atoms with E-state index in [4.69, 9.17) is 14.2 Å². The van der Waals surface area contributed by atoms with Crippen molar-refractivity contribution in [1.82, 2.24) is 0 Å². The first-order valence-corrected chi connectivity index (χ1v) is 8.47. The summed E-state index contributed by atoms with van der Waals surface area (Å²) >= 11 is 0. The predicted molar refractivity (Wildman–Crippen MR) is 101 cm³/mol. The van der Waals surface area contributed by atoms with Crippen molar-refractivity contribution in [3.63, 3.8) is 0 Å². The average Bonchev–Trinajstić information content (AvgIpc) is 2.70. The van der Waals surface area contributed by atoms with Crippen molar-refractivity contribution >= 4 is 23.3 Å². The van der Waals surface area contributed by atoms with Crippen LogP contribution in [0.25, 0.3) is 0 Å². The minimum absolute atomic E-state index is 0.160. The first kappa shape index (κ1) is 20.7. The smallest absolute Gasteiger partial charge is 0.338 e. The van der Waals surface area contributed by atoms with E-state index in [0.29, 0.717) is 18.1 Å². The van der Waals surface area contributed by atoms with E-state index in [1.54, 1.807) is 6.07 Å². The normalized spacial score (nSPS) is 10.1. The zero-order chi connectivity index (χ0) is 20.5. The Labute approximate surface area is 161 Å². The van der Waals surface area contributed by atoms with Gasteiger partial charge < -0.3 is 19.5 Å². The van der Waals surface area contributed by atoms with E-state index in [-0.39, 0.29) is 16.9 Å². The fraction of sp³-hybridized carbons (Fsp3) is 0.263. The second-order valence-corrected chi connectivity index (χ2v) is 5.65. The molecular formula is C19H20N2O7. The van der Waals surface area contributed by atoms with Crippen LogP contribution < -0.4 is 14.8 Å². The van der Waals surface area contributed by atoms with Gasteiger partial charge in [0, 0.05) is 17.8 Å². The van der Waals surface area contributed by atoms with Crippen molar-refractivity contribution in [3.8, 4) is 11.5 Å². The molecule has 2 rings (SSSR count). The number of hydrogen-bond donors (Lipinski definition) is 1. The molecule has 2 aromatic carbocycles. The van der Waals surface area contributed by atoms with Crippen LogP contribution >= 0.6 is 0 Å². The molecule has 0 saturated carbocycles. The molecule has 0 fully saturated rings. The molecule has 0 atom stereocenters. The molecule has 9 heteroatoms. The van der Waals surface area contributed by atoms with Gasteiger partial charge in [0.05, 0.1) is 24.2 Å². The summed E-state index contributed by atoms with van der Waals surface area (Å²) < 4.78 is 15.7. The Hall–Kier alpha value is -3.62. The lowest BCUT2D eigenvalue weighted by molar-refractivity contribution is -0.384. The Bertz CT molecular complexity index is 867. The van der Waals surface area contributed by atoms with Crippen LogP contribution in [0.5, 0.6) is 11.5 Å². The van der Waals surface area contributed by atoms with Gasteiger partial charge in [-0.15, -0.1) is 0 Å². The van der Waals surface area contributed by atoms with Crippen LogP contribution in [0.1, 0.15) is 23.7 Å². The lowest BCUT2D eigenvalue weighted by Crippen LogP contribution is -2.21. The summed E-state index contributed by atoms with van der Waals surface area (Å²) in [5.41, 5.74) is 0.269. The lowest BCUT2D eigenvalue weighted by Gasteiger charge is -2.11. The third kappa shape index (κ3) is 5.70. The van der Waals surface area contributed by atoms with Crippen LogP contribution in [-0.2, 0) is 9.53 Å². The monoisotopic (exact) mass is 388 g/mol. The Morgan fingerprint density at radius 2 is 1.93 bits per heavy atom. The number of nitrogens with zero attached hydrogens (tertiary/aromatic N) is 1. The van der Waals surface area contributed by atoms with E-state index in [0.717, 1.165) is 6.42 Å². The Morgan fingerprint density at radius 1 is 1.14 bits per heavy atom. The van der Waals surface area contributed by atoms with Gasteiger partial charge in [0.2, 0.25) is 0 Å². The van der Waals surface area contributed by atoms with E-state index < -0.39 is 23.4 Å². The minimum Gasteiger partial charge on any atom is -0.493 e. The highest BCUT2D eigenvalue weighted by atomic mass is 16.6. The van der Waals surface area contributed by atoms with Crippen molar-refractivity contribution in [3.05, 3.63) is 58.1 Å². The maximum absolute atomic E-state index is 12.2.